The Balaban J connectivity index is 2.88. The molecular weight excluding hydrogens is 222 g/mol. The van der Waals surface area contributed by atoms with Crippen molar-refractivity contribution in [3.8, 4) is 0 Å². The molecule has 0 aliphatic carbocycles. The predicted molar refractivity (Wildman–Crippen MR) is 65.0 cm³/mol. The maximum atomic E-state index is 10.8. The van der Waals surface area contributed by atoms with Crippen LogP contribution in [0.1, 0.15) is 26.0 Å². The molecule has 1 aromatic rings. The summed E-state index contributed by atoms with van der Waals surface area (Å²) in [6.07, 6.45) is 0.0497. The number of nitrogens with zero attached hydrogens (tertiary/aromatic N) is 2. The summed E-state index contributed by atoms with van der Waals surface area (Å²) in [5, 5.41) is 23.0. The van der Waals surface area contributed by atoms with Crippen LogP contribution in [-0.4, -0.2) is 27.2 Å². The molecular formula is C11H17N3O3. The fourth-order valence-corrected chi connectivity index (χ4v) is 1.61. The molecule has 2 atom stereocenters. The van der Waals surface area contributed by atoms with Crippen molar-refractivity contribution in [3.63, 3.8) is 0 Å². The minimum absolute atomic E-state index is 0.0481. The third-order valence-corrected chi connectivity index (χ3v) is 2.29. The van der Waals surface area contributed by atoms with Crippen LogP contribution in [0.15, 0.2) is 12.1 Å². The Labute approximate surface area is 99.8 Å². The van der Waals surface area contributed by atoms with Gasteiger partial charge >= 0.3 is 5.69 Å². The Hall–Kier alpha value is -1.69. The maximum absolute atomic E-state index is 10.8. The molecule has 0 radical (unpaired) electrons. The van der Waals surface area contributed by atoms with E-state index in [0.717, 1.165) is 0 Å². The highest BCUT2D eigenvalue weighted by atomic mass is 16.6. The molecule has 0 aliphatic rings. The summed E-state index contributed by atoms with van der Waals surface area (Å²) in [4.78, 5) is 14.5. The van der Waals surface area contributed by atoms with Crippen molar-refractivity contribution in [1.82, 2.24) is 4.98 Å². The molecule has 0 spiro atoms. The second-order valence-corrected chi connectivity index (χ2v) is 4.21. The molecule has 94 valence electrons. The van der Waals surface area contributed by atoms with E-state index >= 15 is 0 Å². The smallest absolute Gasteiger partial charge is 0.311 e. The zero-order valence-corrected chi connectivity index (χ0v) is 10.2. The molecule has 6 nitrogen and oxygen atoms in total. The largest absolute Gasteiger partial charge is 0.393 e. The molecule has 0 saturated carbocycles. The van der Waals surface area contributed by atoms with Crippen LogP contribution in [0.2, 0.25) is 0 Å². The lowest BCUT2D eigenvalue weighted by Crippen LogP contribution is -2.22. The van der Waals surface area contributed by atoms with Gasteiger partial charge in [-0.2, -0.15) is 0 Å². The van der Waals surface area contributed by atoms with Gasteiger partial charge < -0.3 is 10.4 Å². The Morgan fingerprint density at radius 1 is 1.53 bits per heavy atom. The number of pyridine rings is 1. The van der Waals surface area contributed by atoms with Gasteiger partial charge in [-0.25, -0.2) is 4.98 Å². The molecule has 17 heavy (non-hydrogen) atoms. The van der Waals surface area contributed by atoms with Crippen molar-refractivity contribution in [3.05, 3.63) is 27.9 Å². The van der Waals surface area contributed by atoms with Gasteiger partial charge in [0.25, 0.3) is 0 Å². The van der Waals surface area contributed by atoms with Crippen LogP contribution in [0.25, 0.3) is 0 Å². The third kappa shape index (κ3) is 3.99. The zero-order chi connectivity index (χ0) is 13.0. The highest BCUT2D eigenvalue weighted by Crippen LogP contribution is 2.23. The summed E-state index contributed by atoms with van der Waals surface area (Å²) in [5.41, 5.74) is 0.662. The Morgan fingerprint density at radius 2 is 2.18 bits per heavy atom. The Kier molecular flexibility index (Phi) is 4.39. The number of rotatable bonds is 5. The number of hydrogen-bond acceptors (Lipinski definition) is 5. The second-order valence-electron chi connectivity index (χ2n) is 4.21. The maximum Gasteiger partial charge on any atom is 0.311 e. The van der Waals surface area contributed by atoms with E-state index in [0.29, 0.717) is 12.1 Å². The second kappa shape index (κ2) is 5.58. The topological polar surface area (TPSA) is 88.3 Å². The number of nitrogens with one attached hydrogen (secondary N) is 1. The first-order valence-electron chi connectivity index (χ1n) is 5.46. The highest BCUT2D eigenvalue weighted by molar-refractivity contribution is 5.56. The summed E-state index contributed by atoms with van der Waals surface area (Å²) in [6.45, 7) is 5.30. The molecule has 2 N–H and O–H groups in total. The highest BCUT2D eigenvalue weighted by Gasteiger charge is 2.17. The summed E-state index contributed by atoms with van der Waals surface area (Å²) in [5.74, 6) is 0.253. The van der Waals surface area contributed by atoms with Gasteiger partial charge in [0, 0.05) is 17.8 Å². The van der Waals surface area contributed by atoms with E-state index < -0.39 is 11.0 Å². The van der Waals surface area contributed by atoms with E-state index in [1.54, 1.807) is 19.9 Å². The first kappa shape index (κ1) is 13.4. The van der Waals surface area contributed by atoms with Crippen LogP contribution in [0.5, 0.6) is 0 Å². The van der Waals surface area contributed by atoms with Crippen LogP contribution in [-0.2, 0) is 0 Å². The van der Waals surface area contributed by atoms with Crippen LogP contribution in [0, 0.1) is 17.0 Å². The molecule has 2 unspecified atom stereocenters. The van der Waals surface area contributed by atoms with Crippen LogP contribution in [0.3, 0.4) is 0 Å². The van der Waals surface area contributed by atoms with Crippen molar-refractivity contribution in [2.75, 3.05) is 5.32 Å². The van der Waals surface area contributed by atoms with Gasteiger partial charge in [0.1, 0.15) is 0 Å². The number of aliphatic hydroxyl groups excluding tert-OH is 1. The van der Waals surface area contributed by atoms with Crippen LogP contribution >= 0.6 is 0 Å². The van der Waals surface area contributed by atoms with Gasteiger partial charge in [-0.3, -0.25) is 10.1 Å². The summed E-state index contributed by atoms with van der Waals surface area (Å²) in [6, 6.07) is 2.95. The van der Waals surface area contributed by atoms with Gasteiger partial charge in [0.15, 0.2) is 0 Å². The number of aliphatic hydroxyl groups is 1. The van der Waals surface area contributed by atoms with Gasteiger partial charge in [-0.05, 0) is 33.3 Å². The first-order chi connectivity index (χ1) is 7.90. The molecule has 0 aromatic carbocycles. The summed E-state index contributed by atoms with van der Waals surface area (Å²) < 4.78 is 0. The fourth-order valence-electron chi connectivity index (χ4n) is 1.61. The number of aryl methyl sites for hydroxylation is 1. The normalized spacial score (nSPS) is 14.1. The van der Waals surface area contributed by atoms with E-state index in [4.69, 9.17) is 0 Å². The van der Waals surface area contributed by atoms with Crippen molar-refractivity contribution < 1.29 is 10.0 Å². The SMILES string of the molecule is Cc1ccc([N+](=O)[O-])c(NC(C)CC(C)O)n1. The van der Waals surface area contributed by atoms with E-state index in [1.165, 1.54) is 6.07 Å². The molecule has 1 heterocycles. The standard InChI is InChI=1S/C11H17N3O3/c1-7-4-5-10(14(16)17)11(12-7)13-8(2)6-9(3)15/h4-5,8-9,15H,6H2,1-3H3,(H,12,13). The van der Waals surface area contributed by atoms with Gasteiger partial charge in [-0.15, -0.1) is 0 Å². The van der Waals surface area contributed by atoms with E-state index in [2.05, 4.69) is 10.3 Å². The van der Waals surface area contributed by atoms with Crippen molar-refractivity contribution in [1.29, 1.82) is 0 Å². The van der Waals surface area contributed by atoms with Crippen molar-refractivity contribution in [2.45, 2.75) is 39.3 Å². The van der Waals surface area contributed by atoms with E-state index in [9.17, 15) is 15.2 Å². The quantitative estimate of drug-likeness (QED) is 0.605. The minimum atomic E-state index is -0.468. The fraction of sp³-hybridized carbons (Fsp3) is 0.545. The van der Waals surface area contributed by atoms with Gasteiger partial charge in [0.05, 0.1) is 11.0 Å². The average Bonchev–Trinajstić information content (AvgIpc) is 2.15. The lowest BCUT2D eigenvalue weighted by Gasteiger charge is -2.16. The lowest BCUT2D eigenvalue weighted by molar-refractivity contribution is -0.384. The molecule has 0 bridgehead atoms. The molecule has 0 fully saturated rings. The molecule has 6 heteroatoms. The van der Waals surface area contributed by atoms with E-state index in [-0.39, 0.29) is 17.5 Å². The lowest BCUT2D eigenvalue weighted by atomic mass is 10.1. The predicted octanol–water partition coefficient (Wildman–Crippen LogP) is 1.87. The number of aromatic nitrogens is 1. The number of anilines is 1. The van der Waals surface area contributed by atoms with Crippen LogP contribution < -0.4 is 5.32 Å². The van der Waals surface area contributed by atoms with E-state index in [1.807, 2.05) is 6.92 Å². The van der Waals surface area contributed by atoms with Gasteiger partial charge in [-0.1, -0.05) is 0 Å². The van der Waals surface area contributed by atoms with Crippen molar-refractivity contribution in [2.24, 2.45) is 0 Å². The molecule has 0 amide bonds. The van der Waals surface area contributed by atoms with Gasteiger partial charge in [0.2, 0.25) is 5.82 Å². The number of nitro groups is 1. The summed E-state index contributed by atoms with van der Waals surface area (Å²) in [7, 11) is 0. The molecule has 0 saturated heterocycles. The molecule has 1 rings (SSSR count). The molecule has 1 aromatic heterocycles. The molecule has 0 aliphatic heterocycles. The van der Waals surface area contributed by atoms with Crippen LogP contribution in [0.4, 0.5) is 11.5 Å². The monoisotopic (exact) mass is 239 g/mol. The average molecular weight is 239 g/mol. The number of hydrogen-bond donors (Lipinski definition) is 2. The Morgan fingerprint density at radius 3 is 2.71 bits per heavy atom. The summed E-state index contributed by atoms with van der Waals surface area (Å²) >= 11 is 0. The Bertz CT molecular complexity index is 407. The first-order valence-corrected chi connectivity index (χ1v) is 5.46. The third-order valence-electron chi connectivity index (χ3n) is 2.29. The minimum Gasteiger partial charge on any atom is -0.393 e. The van der Waals surface area contributed by atoms with Crippen molar-refractivity contribution >= 4 is 11.5 Å². The zero-order valence-electron chi connectivity index (χ0n) is 10.2.